The average molecular weight is 561 g/mol. The molecule has 3 aromatic rings. The van der Waals surface area contributed by atoms with Gasteiger partial charge in [-0.2, -0.15) is 0 Å². The molecule has 0 unspecified atom stereocenters. The van der Waals surface area contributed by atoms with Crippen LogP contribution >= 0.6 is 0 Å². The van der Waals surface area contributed by atoms with Gasteiger partial charge in [0.25, 0.3) is 5.91 Å². The first kappa shape index (κ1) is 28.3. The van der Waals surface area contributed by atoms with Crippen molar-refractivity contribution in [1.29, 1.82) is 0 Å². The number of fused-ring (bicyclic) bond motifs is 1. The van der Waals surface area contributed by atoms with E-state index in [2.05, 4.69) is 5.32 Å². The number of methoxy groups -OCH3 is 2. The third-order valence-corrected chi connectivity index (χ3v) is 7.61. The van der Waals surface area contributed by atoms with E-state index in [-0.39, 0.29) is 18.6 Å². The number of anilines is 1. The van der Waals surface area contributed by atoms with E-state index in [1.54, 1.807) is 37.4 Å². The summed E-state index contributed by atoms with van der Waals surface area (Å²) >= 11 is 0. The summed E-state index contributed by atoms with van der Waals surface area (Å²) in [4.78, 5) is 30.2. The van der Waals surface area contributed by atoms with Crippen LogP contribution in [0.5, 0.6) is 23.0 Å². The van der Waals surface area contributed by atoms with Crippen molar-refractivity contribution in [2.75, 3.05) is 38.9 Å². The summed E-state index contributed by atoms with van der Waals surface area (Å²) in [6.07, 6.45) is 0.778. The fourth-order valence-electron chi connectivity index (χ4n) is 5.23. The fourth-order valence-corrected chi connectivity index (χ4v) is 5.23. The molecule has 2 amide bonds. The number of carbonyl (C=O) groups is 2. The number of benzene rings is 3. The van der Waals surface area contributed by atoms with E-state index in [1.807, 2.05) is 44.2 Å². The van der Waals surface area contributed by atoms with Gasteiger partial charge in [0.05, 0.1) is 20.3 Å². The van der Waals surface area contributed by atoms with Gasteiger partial charge in [0.1, 0.15) is 12.6 Å². The van der Waals surface area contributed by atoms with Crippen molar-refractivity contribution in [3.63, 3.8) is 0 Å². The number of amides is 2. The highest BCUT2D eigenvalue weighted by Crippen LogP contribution is 2.38. The second-order valence-corrected chi connectivity index (χ2v) is 10.2. The van der Waals surface area contributed by atoms with Crippen LogP contribution in [-0.2, 0) is 14.3 Å². The lowest BCUT2D eigenvalue weighted by Crippen LogP contribution is -2.52. The zero-order valence-corrected chi connectivity index (χ0v) is 23.8. The van der Waals surface area contributed by atoms with Gasteiger partial charge in [-0.1, -0.05) is 30.3 Å². The predicted molar refractivity (Wildman–Crippen MR) is 154 cm³/mol. The summed E-state index contributed by atoms with van der Waals surface area (Å²) in [5.41, 5.74) is 3.01. The molecule has 0 bridgehead atoms. The Balaban J connectivity index is 1.60. The number of ether oxygens (including phenoxy) is 5. The van der Waals surface area contributed by atoms with Gasteiger partial charge in [-0.3, -0.25) is 14.5 Å². The van der Waals surface area contributed by atoms with Crippen molar-refractivity contribution in [1.82, 2.24) is 5.32 Å². The number of nitrogens with one attached hydrogen (secondary N) is 1. The largest absolute Gasteiger partial charge is 0.493 e. The predicted octanol–water partition coefficient (Wildman–Crippen LogP) is 4.53. The maximum absolute atomic E-state index is 14.5. The minimum atomic E-state index is -1.05. The number of para-hydroxylation sites is 2. The SMILES string of the molecule is COc1ccc([C@H](C(=O)NC[C@@H]2CCCO2)N(C(=O)[C@@H]2COc3ccccc3O2)c2cccc(C)c2C)cc1OC. The van der Waals surface area contributed by atoms with E-state index >= 15 is 0 Å². The summed E-state index contributed by atoms with van der Waals surface area (Å²) in [5, 5.41) is 3.05. The molecule has 1 N–H and O–H groups in total. The lowest BCUT2D eigenvalue weighted by atomic mass is 9.99. The molecule has 0 saturated carbocycles. The van der Waals surface area contributed by atoms with Crippen molar-refractivity contribution in [2.24, 2.45) is 0 Å². The fraction of sp³-hybridized carbons (Fsp3) is 0.375. The first-order chi connectivity index (χ1) is 19.9. The van der Waals surface area contributed by atoms with Crippen molar-refractivity contribution in [3.8, 4) is 23.0 Å². The van der Waals surface area contributed by atoms with Crippen molar-refractivity contribution in [2.45, 2.75) is 44.9 Å². The highest BCUT2D eigenvalue weighted by molar-refractivity contribution is 6.04. The summed E-state index contributed by atoms with van der Waals surface area (Å²) in [6.45, 7) is 4.93. The van der Waals surface area contributed by atoms with Crippen LogP contribution in [0.4, 0.5) is 5.69 Å². The molecule has 5 rings (SSSR count). The Morgan fingerprint density at radius 3 is 2.51 bits per heavy atom. The highest BCUT2D eigenvalue weighted by atomic mass is 16.6. The molecule has 0 spiro atoms. The molecular formula is C32H36N2O7. The van der Waals surface area contributed by atoms with Crippen molar-refractivity contribution in [3.05, 3.63) is 77.4 Å². The molecule has 216 valence electrons. The minimum absolute atomic E-state index is 0.00734. The molecule has 3 aromatic carbocycles. The molecule has 41 heavy (non-hydrogen) atoms. The lowest BCUT2D eigenvalue weighted by molar-refractivity contribution is -0.131. The van der Waals surface area contributed by atoms with E-state index in [4.69, 9.17) is 23.7 Å². The van der Waals surface area contributed by atoms with E-state index in [0.717, 1.165) is 24.0 Å². The van der Waals surface area contributed by atoms with Crippen LogP contribution in [0.15, 0.2) is 60.7 Å². The van der Waals surface area contributed by atoms with Crippen molar-refractivity contribution >= 4 is 17.5 Å². The van der Waals surface area contributed by atoms with Crippen LogP contribution in [-0.4, -0.2) is 58.0 Å². The van der Waals surface area contributed by atoms with Gasteiger partial charge in [-0.15, -0.1) is 0 Å². The van der Waals surface area contributed by atoms with Crippen LogP contribution in [0.2, 0.25) is 0 Å². The maximum atomic E-state index is 14.5. The molecule has 0 aromatic heterocycles. The van der Waals surface area contributed by atoms with Crippen LogP contribution in [0.25, 0.3) is 0 Å². The zero-order valence-electron chi connectivity index (χ0n) is 23.8. The first-order valence-corrected chi connectivity index (χ1v) is 13.8. The van der Waals surface area contributed by atoms with Gasteiger partial charge in [-0.05, 0) is 73.7 Å². The Bertz CT molecular complexity index is 1400. The van der Waals surface area contributed by atoms with E-state index in [9.17, 15) is 9.59 Å². The molecule has 2 heterocycles. The molecule has 0 aliphatic carbocycles. The number of hydrogen-bond acceptors (Lipinski definition) is 7. The molecule has 9 heteroatoms. The van der Waals surface area contributed by atoms with Crippen LogP contribution in [0.1, 0.15) is 35.6 Å². The standard InChI is InChI=1S/C32H36N2O7/c1-20-9-7-11-24(21(20)2)34(32(36)29-19-40-26-12-5-6-13-27(26)41-29)30(31(35)33-18-23-10-8-16-39-23)22-14-15-25(37-3)28(17-22)38-4/h5-7,9,11-15,17,23,29-30H,8,10,16,18-19H2,1-4H3,(H,33,35)/t23-,29-,30+/m0/s1. The molecule has 1 saturated heterocycles. The Labute approximate surface area is 240 Å². The lowest BCUT2D eigenvalue weighted by Gasteiger charge is -2.36. The van der Waals surface area contributed by atoms with Crippen LogP contribution in [0.3, 0.4) is 0 Å². The van der Waals surface area contributed by atoms with Gasteiger partial charge in [0, 0.05) is 18.8 Å². The van der Waals surface area contributed by atoms with Crippen molar-refractivity contribution < 1.29 is 33.3 Å². The Morgan fingerprint density at radius 1 is 1.00 bits per heavy atom. The monoisotopic (exact) mass is 560 g/mol. The van der Waals surface area contributed by atoms with Gasteiger partial charge in [0.2, 0.25) is 12.0 Å². The second-order valence-electron chi connectivity index (χ2n) is 10.2. The van der Waals surface area contributed by atoms with Gasteiger partial charge in [0.15, 0.2) is 23.0 Å². The smallest absolute Gasteiger partial charge is 0.272 e. The number of rotatable bonds is 9. The van der Waals surface area contributed by atoms with Crippen LogP contribution < -0.4 is 29.2 Å². The third kappa shape index (κ3) is 5.95. The highest BCUT2D eigenvalue weighted by Gasteiger charge is 2.40. The number of aryl methyl sites for hydroxylation is 1. The second kappa shape index (κ2) is 12.5. The zero-order chi connectivity index (χ0) is 28.9. The molecule has 0 radical (unpaired) electrons. The Morgan fingerprint density at radius 2 is 1.78 bits per heavy atom. The summed E-state index contributed by atoms with van der Waals surface area (Å²) < 4.78 is 28.8. The number of nitrogens with zero attached hydrogens (tertiary/aromatic N) is 1. The summed E-state index contributed by atoms with van der Waals surface area (Å²) in [7, 11) is 3.08. The Kier molecular flexibility index (Phi) is 8.64. The molecule has 2 aliphatic heterocycles. The summed E-state index contributed by atoms with van der Waals surface area (Å²) in [6, 6.07) is 17.1. The van der Waals surface area contributed by atoms with E-state index < -0.39 is 18.1 Å². The third-order valence-electron chi connectivity index (χ3n) is 7.61. The Hall–Kier alpha value is -4.24. The van der Waals surface area contributed by atoms with Gasteiger partial charge >= 0.3 is 0 Å². The van der Waals surface area contributed by atoms with E-state index in [0.29, 0.717) is 47.4 Å². The molecule has 9 nitrogen and oxygen atoms in total. The number of carbonyl (C=O) groups excluding carboxylic acids is 2. The minimum Gasteiger partial charge on any atom is -0.493 e. The summed E-state index contributed by atoms with van der Waals surface area (Å²) in [5.74, 6) is 1.25. The van der Waals surface area contributed by atoms with Gasteiger partial charge in [-0.25, -0.2) is 0 Å². The number of hydrogen-bond donors (Lipinski definition) is 1. The molecule has 1 fully saturated rings. The van der Waals surface area contributed by atoms with E-state index in [1.165, 1.54) is 12.0 Å². The topological polar surface area (TPSA) is 95.6 Å². The van der Waals surface area contributed by atoms with Crippen LogP contribution in [0, 0.1) is 13.8 Å². The van der Waals surface area contributed by atoms with Gasteiger partial charge < -0.3 is 29.0 Å². The quantitative estimate of drug-likeness (QED) is 0.411. The first-order valence-electron chi connectivity index (χ1n) is 13.8. The average Bonchev–Trinajstić information content (AvgIpc) is 3.53. The molecule has 2 aliphatic rings. The normalized spacial score (nSPS) is 18.3. The molecular weight excluding hydrogens is 524 g/mol. The molecule has 3 atom stereocenters. The maximum Gasteiger partial charge on any atom is 0.272 e.